The summed E-state index contributed by atoms with van der Waals surface area (Å²) in [5.74, 6) is -0.889. The number of methoxy groups -OCH3 is 1. The SMILES string of the molecule is C=CCC1(C(=O)OCC(=O)c2cc3ccc(C)nc3cc2OC)CCC(=O)N1. The molecule has 7 nitrogen and oxygen atoms in total. The number of nitrogens with one attached hydrogen (secondary N) is 1. The van der Waals surface area contributed by atoms with E-state index in [0.717, 1.165) is 11.1 Å². The lowest BCUT2D eigenvalue weighted by atomic mass is 9.93. The molecule has 1 aliphatic rings. The third-order valence-corrected chi connectivity index (χ3v) is 4.83. The summed E-state index contributed by atoms with van der Waals surface area (Å²) in [6, 6.07) is 7.08. The van der Waals surface area contributed by atoms with E-state index in [9.17, 15) is 14.4 Å². The third kappa shape index (κ3) is 3.74. The van der Waals surface area contributed by atoms with Gasteiger partial charge in [0.2, 0.25) is 11.7 Å². The van der Waals surface area contributed by atoms with Crippen molar-refractivity contribution >= 4 is 28.6 Å². The van der Waals surface area contributed by atoms with E-state index in [4.69, 9.17) is 9.47 Å². The van der Waals surface area contributed by atoms with Gasteiger partial charge in [-0.15, -0.1) is 6.58 Å². The van der Waals surface area contributed by atoms with E-state index in [1.807, 2.05) is 19.1 Å². The second kappa shape index (κ2) is 7.80. The van der Waals surface area contributed by atoms with E-state index < -0.39 is 23.9 Å². The molecule has 0 radical (unpaired) electrons. The molecule has 1 unspecified atom stereocenters. The van der Waals surface area contributed by atoms with Crippen LogP contribution in [0.4, 0.5) is 0 Å². The second-order valence-corrected chi connectivity index (χ2v) is 6.82. The van der Waals surface area contributed by atoms with Gasteiger partial charge in [0.15, 0.2) is 6.61 Å². The lowest BCUT2D eigenvalue weighted by molar-refractivity contribution is -0.150. The highest BCUT2D eigenvalue weighted by atomic mass is 16.5. The number of carbonyl (C=O) groups excluding carboxylic acids is 3. The molecular formula is C21H22N2O5. The van der Waals surface area contributed by atoms with E-state index in [2.05, 4.69) is 16.9 Å². The van der Waals surface area contributed by atoms with E-state index >= 15 is 0 Å². The zero-order valence-electron chi connectivity index (χ0n) is 15.9. The Morgan fingerprint density at radius 1 is 1.36 bits per heavy atom. The van der Waals surface area contributed by atoms with Crippen molar-refractivity contribution in [3.05, 3.63) is 48.2 Å². The highest BCUT2D eigenvalue weighted by Gasteiger charge is 2.45. The Morgan fingerprint density at radius 3 is 2.79 bits per heavy atom. The first-order valence-electron chi connectivity index (χ1n) is 8.96. The van der Waals surface area contributed by atoms with Crippen LogP contribution in [-0.4, -0.2) is 41.9 Å². The quantitative estimate of drug-likeness (QED) is 0.449. The van der Waals surface area contributed by atoms with Crippen molar-refractivity contribution in [2.24, 2.45) is 0 Å². The summed E-state index contributed by atoms with van der Waals surface area (Å²) >= 11 is 0. The number of ketones is 1. The standard InChI is InChI=1S/C21H22N2O5/c1-4-8-21(9-7-19(25)23-21)20(26)28-12-17(24)15-10-14-6-5-13(2)22-16(14)11-18(15)27-3/h4-6,10-11H,1,7-9,12H2,2-3H3,(H,23,25). The number of fused-ring (bicyclic) bond motifs is 1. The Bertz CT molecular complexity index is 969. The number of hydrogen-bond donors (Lipinski definition) is 1. The van der Waals surface area contributed by atoms with Crippen LogP contribution in [0.15, 0.2) is 36.9 Å². The zero-order valence-corrected chi connectivity index (χ0v) is 15.9. The van der Waals surface area contributed by atoms with Crippen molar-refractivity contribution in [1.82, 2.24) is 10.3 Å². The average Bonchev–Trinajstić information content (AvgIpc) is 3.06. The van der Waals surface area contributed by atoms with Crippen molar-refractivity contribution < 1.29 is 23.9 Å². The van der Waals surface area contributed by atoms with Gasteiger partial charge >= 0.3 is 5.97 Å². The van der Waals surface area contributed by atoms with Crippen LogP contribution in [0.1, 0.15) is 35.3 Å². The predicted octanol–water partition coefficient (Wildman–Crippen LogP) is 2.50. The number of hydrogen-bond acceptors (Lipinski definition) is 6. The molecule has 0 aliphatic carbocycles. The molecule has 2 aromatic rings. The fraction of sp³-hybridized carbons (Fsp3) is 0.333. The molecule has 3 rings (SSSR count). The molecule has 1 amide bonds. The Morgan fingerprint density at radius 2 is 2.14 bits per heavy atom. The Hall–Kier alpha value is -3.22. The van der Waals surface area contributed by atoms with Crippen LogP contribution >= 0.6 is 0 Å². The summed E-state index contributed by atoms with van der Waals surface area (Å²) in [5, 5.41) is 3.44. The largest absolute Gasteiger partial charge is 0.496 e. The van der Waals surface area contributed by atoms with Crippen molar-refractivity contribution in [3.8, 4) is 5.75 Å². The maximum atomic E-state index is 12.7. The first-order valence-corrected chi connectivity index (χ1v) is 8.96. The molecule has 1 saturated heterocycles. The molecule has 1 N–H and O–H groups in total. The molecule has 7 heteroatoms. The van der Waals surface area contributed by atoms with Gasteiger partial charge in [0.05, 0.1) is 18.2 Å². The van der Waals surface area contributed by atoms with Crippen LogP contribution in [0, 0.1) is 6.92 Å². The summed E-state index contributed by atoms with van der Waals surface area (Å²) in [5.41, 5.74) is 0.730. The van der Waals surface area contributed by atoms with Crippen molar-refractivity contribution in [3.63, 3.8) is 0 Å². The summed E-state index contributed by atoms with van der Waals surface area (Å²) in [6.07, 6.45) is 2.35. The van der Waals surface area contributed by atoms with Crippen LogP contribution in [0.3, 0.4) is 0 Å². The Kier molecular flexibility index (Phi) is 5.44. The zero-order chi connectivity index (χ0) is 20.3. The predicted molar refractivity (Wildman–Crippen MR) is 103 cm³/mol. The number of benzene rings is 1. The molecule has 1 aromatic carbocycles. The number of aromatic nitrogens is 1. The Labute approximate surface area is 162 Å². The third-order valence-electron chi connectivity index (χ3n) is 4.83. The number of nitrogens with zero attached hydrogens (tertiary/aromatic N) is 1. The van der Waals surface area contributed by atoms with Crippen molar-refractivity contribution in [1.29, 1.82) is 0 Å². The molecule has 1 aliphatic heterocycles. The van der Waals surface area contributed by atoms with Crippen LogP contribution in [0.5, 0.6) is 5.75 Å². The number of esters is 1. The van der Waals surface area contributed by atoms with Crippen molar-refractivity contribution in [2.75, 3.05) is 13.7 Å². The topological polar surface area (TPSA) is 94.6 Å². The molecule has 1 fully saturated rings. The van der Waals surface area contributed by atoms with Gasteiger partial charge in [-0.25, -0.2) is 4.79 Å². The van der Waals surface area contributed by atoms with Gasteiger partial charge in [-0.1, -0.05) is 12.1 Å². The van der Waals surface area contributed by atoms with Gasteiger partial charge in [-0.05, 0) is 31.9 Å². The first-order chi connectivity index (χ1) is 13.4. The van der Waals surface area contributed by atoms with E-state index in [1.54, 1.807) is 18.2 Å². The highest BCUT2D eigenvalue weighted by Crippen LogP contribution is 2.28. The maximum absolute atomic E-state index is 12.7. The van der Waals surface area contributed by atoms with Gasteiger partial charge in [-0.3, -0.25) is 14.6 Å². The van der Waals surface area contributed by atoms with Gasteiger partial charge in [0.1, 0.15) is 11.3 Å². The number of pyridine rings is 1. The van der Waals surface area contributed by atoms with E-state index in [0.29, 0.717) is 23.3 Å². The van der Waals surface area contributed by atoms with E-state index in [-0.39, 0.29) is 18.7 Å². The second-order valence-electron chi connectivity index (χ2n) is 6.82. The Balaban J connectivity index is 1.79. The van der Waals surface area contributed by atoms with Gasteiger partial charge in [-0.2, -0.15) is 0 Å². The minimum atomic E-state index is -1.14. The minimum absolute atomic E-state index is 0.218. The summed E-state index contributed by atoms with van der Waals surface area (Å²) in [6.45, 7) is 5.06. The number of Topliss-reactive ketones (excluding diaryl/α,β-unsaturated/α-hetero) is 1. The van der Waals surface area contributed by atoms with E-state index in [1.165, 1.54) is 7.11 Å². The molecule has 1 aromatic heterocycles. The van der Waals surface area contributed by atoms with Gasteiger partial charge < -0.3 is 14.8 Å². The fourth-order valence-corrected chi connectivity index (χ4v) is 3.34. The van der Waals surface area contributed by atoms with Gasteiger partial charge in [0, 0.05) is 23.6 Å². The number of ether oxygens (including phenoxy) is 2. The molecule has 146 valence electrons. The minimum Gasteiger partial charge on any atom is -0.496 e. The van der Waals surface area contributed by atoms with Crippen LogP contribution in [-0.2, 0) is 14.3 Å². The fourth-order valence-electron chi connectivity index (χ4n) is 3.34. The van der Waals surface area contributed by atoms with Gasteiger partial charge in [0.25, 0.3) is 0 Å². The molecule has 28 heavy (non-hydrogen) atoms. The molecule has 0 saturated carbocycles. The average molecular weight is 382 g/mol. The molecule has 0 bridgehead atoms. The molecule has 1 atom stereocenters. The van der Waals surface area contributed by atoms with Crippen molar-refractivity contribution in [2.45, 2.75) is 31.7 Å². The summed E-state index contributed by atoms with van der Waals surface area (Å²) in [4.78, 5) is 41.3. The van der Waals surface area contributed by atoms with Crippen LogP contribution in [0.2, 0.25) is 0 Å². The smallest absolute Gasteiger partial charge is 0.332 e. The number of aryl methyl sites for hydroxylation is 1. The summed E-state index contributed by atoms with van der Waals surface area (Å²) < 4.78 is 10.6. The number of amides is 1. The summed E-state index contributed by atoms with van der Waals surface area (Å²) in [7, 11) is 1.47. The maximum Gasteiger partial charge on any atom is 0.332 e. The number of rotatable bonds is 7. The van der Waals surface area contributed by atoms with Crippen LogP contribution < -0.4 is 10.1 Å². The molecular weight excluding hydrogens is 360 g/mol. The monoisotopic (exact) mass is 382 g/mol. The van der Waals surface area contributed by atoms with Crippen LogP contribution in [0.25, 0.3) is 10.9 Å². The number of carbonyl (C=O) groups is 3. The normalized spacial score (nSPS) is 18.6. The first kappa shape index (κ1) is 19.5. The molecule has 2 heterocycles. The highest BCUT2D eigenvalue weighted by molar-refractivity contribution is 6.04. The lowest BCUT2D eigenvalue weighted by Gasteiger charge is -2.25. The lowest BCUT2D eigenvalue weighted by Crippen LogP contribution is -2.49. The molecule has 0 spiro atoms.